The predicted molar refractivity (Wildman–Crippen MR) is 181 cm³/mol. The summed E-state index contributed by atoms with van der Waals surface area (Å²) in [5, 5.41) is 33.1. The summed E-state index contributed by atoms with van der Waals surface area (Å²) in [6, 6.07) is 0. The van der Waals surface area contributed by atoms with Gasteiger partial charge in [-0.25, -0.2) is 0 Å². The fraction of sp³-hybridized carbons (Fsp3) is 0.750. The summed E-state index contributed by atoms with van der Waals surface area (Å²) < 4.78 is 17.7. The number of carboxylic acids is 4. The van der Waals surface area contributed by atoms with E-state index in [4.69, 9.17) is 20.4 Å². The van der Waals surface area contributed by atoms with Gasteiger partial charge in [-0.3, -0.25) is 38.4 Å². The number of rotatable bonds is 24. The van der Waals surface area contributed by atoms with Gasteiger partial charge in [-0.2, -0.15) is 0 Å². The Balaban J connectivity index is -0.000000174. The van der Waals surface area contributed by atoms with Crippen LogP contribution in [0.4, 0.5) is 0 Å². The SMILES string of the molecule is COC(=O)CCCCCC(=O)O.COC(=O)CCCCCC(=O)O.COC(=O)CCCCCC(=O)O.COC(=O)CCCCCC(=O)O.[BiH3]. The Kier molecular flexibility index (Phi) is 48.0. The minimum atomic E-state index is -0.784. The monoisotopic (exact) mass is 908 g/mol. The second kappa shape index (κ2) is 42.7. The molecule has 4 N–H and O–H groups in total. The molecule has 0 radical (unpaired) electrons. The van der Waals surface area contributed by atoms with Gasteiger partial charge in [-0.05, 0) is 51.4 Å². The summed E-state index contributed by atoms with van der Waals surface area (Å²) in [5.41, 5.74) is 0. The third-order valence-electron chi connectivity index (χ3n) is 6.00. The molecule has 0 amide bonds. The molecule has 0 unspecified atom stereocenters. The van der Waals surface area contributed by atoms with E-state index in [0.717, 1.165) is 25.7 Å². The van der Waals surface area contributed by atoms with Crippen LogP contribution in [0.1, 0.15) is 128 Å². The summed E-state index contributed by atoms with van der Waals surface area (Å²) >= 11 is 0. The Hall–Kier alpha value is -3.36. The third kappa shape index (κ3) is 60.5. The molecule has 0 rings (SSSR count). The Morgan fingerprint density at radius 3 is 0.571 bits per heavy atom. The summed E-state index contributed by atoms with van der Waals surface area (Å²) in [6.07, 6.45) is 10.7. The van der Waals surface area contributed by atoms with Crippen LogP contribution in [-0.2, 0) is 57.3 Å². The van der Waals surface area contributed by atoms with Crippen LogP contribution in [0.3, 0.4) is 0 Å². The third-order valence-corrected chi connectivity index (χ3v) is 6.00. The van der Waals surface area contributed by atoms with Gasteiger partial charge in [0.05, 0.1) is 28.4 Å². The van der Waals surface area contributed by atoms with Crippen LogP contribution in [0.15, 0.2) is 0 Å². The zero-order valence-electron chi connectivity index (χ0n) is 29.5. The quantitative estimate of drug-likeness (QED) is 0.0467. The number of unbranched alkanes of at least 4 members (excludes halogenated alkanes) is 8. The molecule has 16 nitrogen and oxygen atoms in total. The second-order valence-electron chi connectivity index (χ2n) is 10.1. The molecule has 0 aromatic rings. The molecular formula is C32H59BiO16. The van der Waals surface area contributed by atoms with Crippen molar-refractivity contribution in [3.63, 3.8) is 0 Å². The molecule has 0 saturated heterocycles. The molecule has 0 aliphatic rings. The first-order chi connectivity index (χ1) is 22.7. The molecule has 0 aromatic carbocycles. The summed E-state index contributed by atoms with van der Waals surface area (Å²) in [6.45, 7) is 0. The van der Waals surface area contributed by atoms with E-state index in [1.165, 1.54) is 28.4 Å². The fourth-order valence-corrected chi connectivity index (χ4v) is 3.30. The van der Waals surface area contributed by atoms with Crippen molar-refractivity contribution in [1.82, 2.24) is 0 Å². The Morgan fingerprint density at radius 1 is 0.306 bits per heavy atom. The first-order valence-corrected chi connectivity index (χ1v) is 15.8. The maximum absolute atomic E-state index is 10.6. The van der Waals surface area contributed by atoms with E-state index < -0.39 is 23.9 Å². The van der Waals surface area contributed by atoms with E-state index in [9.17, 15) is 38.4 Å². The van der Waals surface area contributed by atoms with Gasteiger partial charge in [0.2, 0.25) is 0 Å². The van der Waals surface area contributed by atoms with Crippen LogP contribution in [0.5, 0.6) is 0 Å². The van der Waals surface area contributed by atoms with E-state index in [2.05, 4.69) is 18.9 Å². The number of carbonyl (C=O) groups excluding carboxylic acids is 4. The fourth-order valence-electron chi connectivity index (χ4n) is 3.30. The first-order valence-electron chi connectivity index (χ1n) is 15.8. The average molecular weight is 909 g/mol. The standard InChI is InChI=1S/4C8H14O4.Bi.3H/c4*1-12-8(11)6-4-2-3-5-7(9)10;;;;/h4*2-6H2,1H3,(H,9,10);;;;. The van der Waals surface area contributed by atoms with Crippen molar-refractivity contribution in [3.05, 3.63) is 0 Å². The number of aliphatic carboxylic acids is 4. The van der Waals surface area contributed by atoms with Crippen molar-refractivity contribution in [2.75, 3.05) is 28.4 Å². The summed E-state index contributed by atoms with van der Waals surface area (Å²) in [5.74, 6) is -4.06. The topological polar surface area (TPSA) is 254 Å². The van der Waals surface area contributed by atoms with Gasteiger partial charge in [0.1, 0.15) is 0 Å². The normalized spacial score (nSPS) is 9.22. The molecule has 49 heavy (non-hydrogen) atoms. The molecule has 0 aliphatic carbocycles. The predicted octanol–water partition coefficient (Wildman–Crippen LogP) is 3.59. The molecule has 0 heterocycles. The van der Waals surface area contributed by atoms with E-state index >= 15 is 0 Å². The molecule has 17 heteroatoms. The second-order valence-corrected chi connectivity index (χ2v) is 10.1. The first kappa shape index (κ1) is 55.1. The Bertz CT molecular complexity index is 764. The zero-order valence-corrected chi connectivity index (χ0v) is 35.0. The van der Waals surface area contributed by atoms with Crippen molar-refractivity contribution < 1.29 is 77.7 Å². The molecular weight excluding hydrogens is 849 g/mol. The number of carboxylic acid groups (broad SMARTS) is 4. The van der Waals surface area contributed by atoms with Gasteiger partial charge in [-0.15, -0.1) is 0 Å². The van der Waals surface area contributed by atoms with Gasteiger partial charge in [0.25, 0.3) is 0 Å². The van der Waals surface area contributed by atoms with Crippen LogP contribution in [0.2, 0.25) is 0 Å². The van der Waals surface area contributed by atoms with E-state index in [1.807, 2.05) is 0 Å². The van der Waals surface area contributed by atoms with E-state index in [1.54, 1.807) is 0 Å². The van der Waals surface area contributed by atoms with Gasteiger partial charge >= 0.3 is 74.0 Å². The number of hydrogen-bond donors (Lipinski definition) is 4. The minimum absolute atomic E-state index is 0. The van der Waals surface area contributed by atoms with Crippen LogP contribution in [0.25, 0.3) is 0 Å². The summed E-state index contributed by atoms with van der Waals surface area (Å²) in [4.78, 5) is 82.5. The van der Waals surface area contributed by atoms with Crippen molar-refractivity contribution in [2.45, 2.75) is 128 Å². The molecule has 288 valence electrons. The number of carbonyl (C=O) groups is 8. The van der Waals surface area contributed by atoms with Crippen molar-refractivity contribution in [3.8, 4) is 0 Å². The van der Waals surface area contributed by atoms with Crippen LogP contribution >= 0.6 is 0 Å². The van der Waals surface area contributed by atoms with Crippen LogP contribution < -0.4 is 0 Å². The molecule has 0 fully saturated rings. The van der Waals surface area contributed by atoms with Gasteiger partial charge < -0.3 is 39.4 Å². The maximum atomic E-state index is 10.6. The van der Waals surface area contributed by atoms with Crippen molar-refractivity contribution in [1.29, 1.82) is 0 Å². The molecule has 0 aromatic heterocycles. The number of methoxy groups -OCH3 is 4. The Morgan fingerprint density at radius 2 is 0.449 bits per heavy atom. The number of esters is 4. The summed E-state index contributed by atoms with van der Waals surface area (Å²) in [7, 11) is 5.39. The molecule has 0 atom stereocenters. The molecule has 0 spiro atoms. The van der Waals surface area contributed by atoms with E-state index in [-0.39, 0.29) is 75.8 Å². The van der Waals surface area contributed by atoms with Gasteiger partial charge in [-0.1, -0.05) is 25.7 Å². The zero-order chi connectivity index (χ0) is 37.6. The Labute approximate surface area is 307 Å². The molecule has 0 saturated carbocycles. The van der Waals surface area contributed by atoms with Crippen molar-refractivity contribution in [2.24, 2.45) is 0 Å². The number of hydrogen-bond acceptors (Lipinski definition) is 12. The average Bonchev–Trinajstić information content (AvgIpc) is 3.03. The molecule has 0 aliphatic heterocycles. The van der Waals surface area contributed by atoms with Crippen molar-refractivity contribution >= 4 is 74.0 Å². The van der Waals surface area contributed by atoms with Gasteiger partial charge in [0.15, 0.2) is 0 Å². The molecule has 0 bridgehead atoms. The van der Waals surface area contributed by atoms with Crippen LogP contribution in [-0.4, -0.2) is 123 Å². The van der Waals surface area contributed by atoms with Crippen LogP contribution in [0, 0.1) is 0 Å². The van der Waals surface area contributed by atoms with Gasteiger partial charge in [0, 0.05) is 51.4 Å². The number of ether oxygens (including phenoxy) is 4. The van der Waals surface area contributed by atoms with E-state index in [0.29, 0.717) is 77.0 Å².